The lowest BCUT2D eigenvalue weighted by molar-refractivity contribution is -0.0906. The number of carbonyl (C=O) groups is 2. The fourth-order valence-corrected chi connectivity index (χ4v) is 6.00. The summed E-state index contributed by atoms with van der Waals surface area (Å²) in [7, 11) is 1.31. The number of amides is 2. The molecule has 0 aromatic carbocycles. The van der Waals surface area contributed by atoms with Crippen LogP contribution >= 0.6 is 0 Å². The van der Waals surface area contributed by atoms with E-state index in [0.29, 0.717) is 43.2 Å². The van der Waals surface area contributed by atoms with Crippen molar-refractivity contribution in [3.05, 3.63) is 17.8 Å². The van der Waals surface area contributed by atoms with E-state index in [-0.39, 0.29) is 29.7 Å². The smallest absolute Gasteiger partial charge is 0.407 e. The average molecular weight is 477 g/mol. The monoisotopic (exact) mass is 476 g/mol. The van der Waals surface area contributed by atoms with Gasteiger partial charge in [-0.3, -0.25) is 4.79 Å². The van der Waals surface area contributed by atoms with Crippen molar-refractivity contribution in [2.45, 2.75) is 77.0 Å². The van der Waals surface area contributed by atoms with Gasteiger partial charge < -0.3 is 20.1 Å². The fourth-order valence-electron chi connectivity index (χ4n) is 6.00. The predicted molar refractivity (Wildman–Crippen MR) is 126 cm³/mol. The molecule has 2 atom stereocenters. The summed E-state index contributed by atoms with van der Waals surface area (Å²) in [5, 5.41) is 10.3. The number of carbonyl (C=O) groups excluding carboxylic acids is 2. The van der Waals surface area contributed by atoms with E-state index in [2.05, 4.69) is 20.5 Å². The maximum atomic E-state index is 15.1. The van der Waals surface area contributed by atoms with Crippen LogP contribution < -0.4 is 15.4 Å². The SMILES string of the molecule is COC(=O)NC(C)(C)/C=C/n1ncc(C(=O)N[C@H]2C3CC4CC2C[C@](F)(C4)C3)c1OCC(C)C. The molecule has 188 valence electrons. The summed E-state index contributed by atoms with van der Waals surface area (Å²) in [5.41, 5.74) is -1.39. The van der Waals surface area contributed by atoms with Crippen LogP contribution in [0.2, 0.25) is 0 Å². The first-order valence-electron chi connectivity index (χ1n) is 12.2. The van der Waals surface area contributed by atoms with Crippen molar-refractivity contribution in [1.29, 1.82) is 0 Å². The second-order valence-corrected chi connectivity index (χ2v) is 11.3. The van der Waals surface area contributed by atoms with Crippen LogP contribution in [0.1, 0.15) is 70.2 Å². The molecule has 4 bridgehead atoms. The highest BCUT2D eigenvalue weighted by atomic mass is 19.1. The molecule has 4 saturated carbocycles. The van der Waals surface area contributed by atoms with Crippen molar-refractivity contribution in [1.82, 2.24) is 20.4 Å². The number of halogens is 1. The van der Waals surface area contributed by atoms with E-state index in [1.165, 1.54) is 18.0 Å². The predicted octanol–water partition coefficient (Wildman–Crippen LogP) is 4.17. The molecule has 0 radical (unpaired) electrons. The molecule has 34 heavy (non-hydrogen) atoms. The van der Waals surface area contributed by atoms with Crippen LogP contribution in [-0.2, 0) is 4.74 Å². The van der Waals surface area contributed by atoms with Crippen LogP contribution in [0.3, 0.4) is 0 Å². The van der Waals surface area contributed by atoms with E-state index in [0.717, 1.165) is 12.8 Å². The molecule has 1 aromatic heterocycles. The summed E-state index contributed by atoms with van der Waals surface area (Å²) in [6, 6.07) is -0.00652. The van der Waals surface area contributed by atoms with Gasteiger partial charge in [-0.15, -0.1) is 0 Å². The van der Waals surface area contributed by atoms with Gasteiger partial charge in [-0.25, -0.2) is 13.9 Å². The van der Waals surface area contributed by atoms with Crippen molar-refractivity contribution >= 4 is 18.2 Å². The highest BCUT2D eigenvalue weighted by molar-refractivity contribution is 5.96. The van der Waals surface area contributed by atoms with Crippen LogP contribution in [0.4, 0.5) is 9.18 Å². The second kappa shape index (κ2) is 9.23. The molecule has 8 nitrogen and oxygen atoms in total. The summed E-state index contributed by atoms with van der Waals surface area (Å²) >= 11 is 0. The van der Waals surface area contributed by atoms with E-state index in [1.807, 2.05) is 27.7 Å². The van der Waals surface area contributed by atoms with Gasteiger partial charge in [0, 0.05) is 12.2 Å². The fraction of sp³-hybridized carbons (Fsp3) is 0.720. The third-order valence-corrected chi connectivity index (χ3v) is 7.29. The number of hydrogen-bond acceptors (Lipinski definition) is 5. The van der Waals surface area contributed by atoms with Gasteiger partial charge in [0.15, 0.2) is 0 Å². The number of nitrogens with one attached hydrogen (secondary N) is 2. The van der Waals surface area contributed by atoms with Crippen molar-refractivity contribution in [2.75, 3.05) is 13.7 Å². The number of ether oxygens (including phenoxy) is 2. The van der Waals surface area contributed by atoms with Crippen molar-refractivity contribution < 1.29 is 23.5 Å². The molecule has 2 amide bonds. The van der Waals surface area contributed by atoms with Crippen LogP contribution in [0.5, 0.6) is 5.88 Å². The Bertz CT molecular complexity index is 941. The van der Waals surface area contributed by atoms with Gasteiger partial charge in [0.05, 0.1) is 25.5 Å². The number of nitrogens with zero attached hydrogens (tertiary/aromatic N) is 2. The van der Waals surface area contributed by atoms with Gasteiger partial charge in [0.1, 0.15) is 11.2 Å². The maximum Gasteiger partial charge on any atom is 0.407 e. The van der Waals surface area contributed by atoms with Crippen molar-refractivity contribution in [3.63, 3.8) is 0 Å². The molecule has 4 aliphatic carbocycles. The van der Waals surface area contributed by atoms with Gasteiger partial charge in [-0.05, 0) is 75.7 Å². The highest BCUT2D eigenvalue weighted by Crippen LogP contribution is 2.57. The maximum absolute atomic E-state index is 15.1. The lowest BCUT2D eigenvalue weighted by Crippen LogP contribution is -2.60. The van der Waals surface area contributed by atoms with E-state index >= 15 is 4.39 Å². The molecule has 2 unspecified atom stereocenters. The van der Waals surface area contributed by atoms with Crippen LogP contribution in [0.15, 0.2) is 12.3 Å². The Morgan fingerprint density at radius 2 is 1.97 bits per heavy atom. The van der Waals surface area contributed by atoms with E-state index < -0.39 is 17.3 Å². The van der Waals surface area contributed by atoms with Gasteiger partial charge >= 0.3 is 6.09 Å². The standard InChI is InChI=1S/C25H37FN4O4/c1-15(2)14-34-22-19(13-27-30(22)7-6-24(3,4)29-23(32)33-5)21(31)28-20-17-8-16-9-18(20)12-25(26,10-16)11-17/h6-7,13,15-18,20H,8-12,14H2,1-5H3,(H,28,31)(H,29,32)/b7-6+/t16?,17?,18?,20-,25-. The Kier molecular flexibility index (Phi) is 6.66. The minimum Gasteiger partial charge on any atom is -0.477 e. The Morgan fingerprint density at radius 3 is 2.56 bits per heavy atom. The van der Waals surface area contributed by atoms with Crippen molar-refractivity contribution in [2.24, 2.45) is 23.7 Å². The first-order chi connectivity index (χ1) is 16.0. The first kappa shape index (κ1) is 24.5. The normalized spacial score (nSPS) is 30.1. The zero-order chi connectivity index (χ0) is 24.7. The Hall–Kier alpha value is -2.58. The number of methoxy groups -OCH3 is 1. The molecule has 0 saturated heterocycles. The molecule has 5 rings (SSSR count). The summed E-state index contributed by atoms with van der Waals surface area (Å²) in [6.45, 7) is 8.11. The Balaban J connectivity index is 1.52. The van der Waals surface area contributed by atoms with Crippen LogP contribution in [0.25, 0.3) is 6.20 Å². The minimum absolute atomic E-state index is 0.00652. The summed E-state index contributed by atoms with van der Waals surface area (Å²) in [5.74, 6) is 1.21. The van der Waals surface area contributed by atoms with E-state index in [1.54, 1.807) is 12.3 Å². The van der Waals surface area contributed by atoms with Crippen LogP contribution in [-0.4, -0.2) is 52.7 Å². The number of alkyl carbamates (subject to hydrolysis) is 1. The largest absolute Gasteiger partial charge is 0.477 e. The first-order valence-corrected chi connectivity index (χ1v) is 12.2. The van der Waals surface area contributed by atoms with Crippen molar-refractivity contribution in [3.8, 4) is 5.88 Å². The molecule has 4 fully saturated rings. The summed E-state index contributed by atoms with van der Waals surface area (Å²) in [6.07, 6.45) is 8.14. The quantitative estimate of drug-likeness (QED) is 0.587. The van der Waals surface area contributed by atoms with Gasteiger partial charge in [0.2, 0.25) is 5.88 Å². The topological polar surface area (TPSA) is 94.5 Å². The summed E-state index contributed by atoms with van der Waals surface area (Å²) < 4.78 is 27.2. The third kappa shape index (κ3) is 5.23. The zero-order valence-corrected chi connectivity index (χ0v) is 20.8. The Morgan fingerprint density at radius 1 is 1.29 bits per heavy atom. The lowest BCUT2D eigenvalue weighted by Gasteiger charge is -2.56. The molecular formula is C25H37FN4O4. The minimum atomic E-state index is -1.04. The number of rotatable bonds is 8. The molecule has 0 aliphatic heterocycles. The molecule has 2 N–H and O–H groups in total. The second-order valence-electron chi connectivity index (χ2n) is 11.3. The van der Waals surface area contributed by atoms with Gasteiger partial charge in [-0.1, -0.05) is 13.8 Å². The summed E-state index contributed by atoms with van der Waals surface area (Å²) in [4.78, 5) is 24.9. The Labute approximate surface area is 200 Å². The third-order valence-electron chi connectivity index (χ3n) is 7.29. The van der Waals surface area contributed by atoms with Crippen LogP contribution in [0, 0.1) is 23.7 Å². The van der Waals surface area contributed by atoms with E-state index in [4.69, 9.17) is 4.74 Å². The number of alkyl halides is 1. The molecule has 1 heterocycles. The molecule has 0 spiro atoms. The lowest BCUT2D eigenvalue weighted by atomic mass is 9.53. The van der Waals surface area contributed by atoms with Gasteiger partial charge in [-0.2, -0.15) is 5.10 Å². The zero-order valence-electron chi connectivity index (χ0n) is 20.8. The number of hydrogen-bond donors (Lipinski definition) is 2. The molecule has 9 heteroatoms. The van der Waals surface area contributed by atoms with Gasteiger partial charge in [0.25, 0.3) is 5.91 Å². The molecular weight excluding hydrogens is 439 g/mol. The highest BCUT2D eigenvalue weighted by Gasteiger charge is 2.56. The number of aromatic nitrogens is 2. The molecule has 1 aromatic rings. The van der Waals surface area contributed by atoms with E-state index in [9.17, 15) is 9.59 Å². The molecule has 4 aliphatic rings. The average Bonchev–Trinajstić information content (AvgIpc) is 3.14.